The van der Waals surface area contributed by atoms with E-state index in [4.69, 9.17) is 4.74 Å². The van der Waals surface area contributed by atoms with Crippen LogP contribution in [0.3, 0.4) is 0 Å². The maximum absolute atomic E-state index is 13.5. The predicted octanol–water partition coefficient (Wildman–Crippen LogP) is 2.91. The van der Waals surface area contributed by atoms with Gasteiger partial charge in [-0.1, -0.05) is 6.07 Å². The van der Waals surface area contributed by atoms with Gasteiger partial charge in [0, 0.05) is 0 Å². The van der Waals surface area contributed by atoms with Crippen molar-refractivity contribution in [3.8, 4) is 0 Å². The fourth-order valence-corrected chi connectivity index (χ4v) is 1.62. The minimum atomic E-state index is -1.51. The summed E-state index contributed by atoms with van der Waals surface area (Å²) in [6.07, 6.45) is -2.27. The zero-order chi connectivity index (χ0) is 15.5. The first-order valence-electron chi connectivity index (χ1n) is 6.23. The highest BCUT2D eigenvalue weighted by atomic mass is 19.1. The molecule has 4 nitrogen and oxygen atoms in total. The number of aliphatic hydroxyl groups excluding tert-OH is 1. The third-order valence-corrected chi connectivity index (χ3v) is 2.51. The van der Waals surface area contributed by atoms with Crippen LogP contribution in [0.25, 0.3) is 0 Å². The van der Waals surface area contributed by atoms with Gasteiger partial charge in [0.25, 0.3) is 0 Å². The zero-order valence-electron chi connectivity index (χ0n) is 11.9. The van der Waals surface area contributed by atoms with Crippen molar-refractivity contribution in [3.63, 3.8) is 0 Å². The van der Waals surface area contributed by atoms with Gasteiger partial charge in [-0.25, -0.2) is 13.6 Å². The Balaban J connectivity index is 2.77. The summed E-state index contributed by atoms with van der Waals surface area (Å²) in [4.78, 5) is 11.5. The number of carbonyl (C=O) groups is 1. The molecule has 20 heavy (non-hydrogen) atoms. The van der Waals surface area contributed by atoms with Gasteiger partial charge in [-0.15, -0.1) is 0 Å². The van der Waals surface area contributed by atoms with Crippen LogP contribution in [0, 0.1) is 11.6 Å². The molecule has 0 unspecified atom stereocenters. The molecule has 0 saturated carbocycles. The molecule has 1 aromatic rings. The minimum absolute atomic E-state index is 0.476. The van der Waals surface area contributed by atoms with E-state index >= 15 is 0 Å². The Bertz CT molecular complexity index is 466. The second-order valence-electron chi connectivity index (χ2n) is 5.52. The lowest BCUT2D eigenvalue weighted by Crippen LogP contribution is -2.41. The van der Waals surface area contributed by atoms with Gasteiger partial charge in [0.15, 0.2) is 0 Å². The first-order valence-corrected chi connectivity index (χ1v) is 6.23. The fraction of sp³-hybridized carbons (Fsp3) is 0.500. The van der Waals surface area contributed by atoms with Crippen LogP contribution < -0.4 is 5.32 Å². The van der Waals surface area contributed by atoms with Gasteiger partial charge in [-0.2, -0.15) is 0 Å². The summed E-state index contributed by atoms with van der Waals surface area (Å²) >= 11 is 0. The molecule has 1 amide bonds. The number of aliphatic hydroxyl groups is 1. The summed E-state index contributed by atoms with van der Waals surface area (Å²) in [5.74, 6) is -1.73. The monoisotopic (exact) mass is 287 g/mol. The molecular weight excluding hydrogens is 268 g/mol. The Morgan fingerprint density at radius 3 is 2.25 bits per heavy atom. The SMILES string of the molecule is C[C@H](NC(=O)OC(C)(C)C)[C@@H](O)c1c(F)cccc1F. The van der Waals surface area contributed by atoms with Crippen LogP contribution >= 0.6 is 0 Å². The third-order valence-electron chi connectivity index (χ3n) is 2.51. The van der Waals surface area contributed by atoms with E-state index in [9.17, 15) is 18.7 Å². The van der Waals surface area contributed by atoms with Gasteiger partial charge in [0.05, 0.1) is 11.6 Å². The summed E-state index contributed by atoms with van der Waals surface area (Å²) in [5.41, 5.74) is -1.17. The van der Waals surface area contributed by atoms with E-state index in [0.717, 1.165) is 12.1 Å². The molecule has 0 fully saturated rings. The molecule has 1 aromatic carbocycles. The molecule has 2 atom stereocenters. The molecule has 0 heterocycles. The average molecular weight is 287 g/mol. The molecule has 2 N–H and O–H groups in total. The quantitative estimate of drug-likeness (QED) is 0.898. The van der Waals surface area contributed by atoms with Crippen LogP contribution in [-0.2, 0) is 4.74 Å². The number of alkyl carbamates (subject to hydrolysis) is 1. The lowest BCUT2D eigenvalue weighted by molar-refractivity contribution is 0.0429. The van der Waals surface area contributed by atoms with Crippen molar-refractivity contribution in [3.05, 3.63) is 35.4 Å². The lowest BCUT2D eigenvalue weighted by Gasteiger charge is -2.24. The maximum Gasteiger partial charge on any atom is 0.407 e. The third kappa shape index (κ3) is 4.45. The van der Waals surface area contributed by atoms with Gasteiger partial charge in [-0.3, -0.25) is 0 Å². The highest BCUT2D eigenvalue weighted by molar-refractivity contribution is 5.68. The fourth-order valence-electron chi connectivity index (χ4n) is 1.62. The largest absolute Gasteiger partial charge is 0.444 e. The number of rotatable bonds is 3. The number of amides is 1. The Hall–Kier alpha value is -1.69. The number of halogens is 2. The Morgan fingerprint density at radius 2 is 1.80 bits per heavy atom. The molecule has 0 bridgehead atoms. The highest BCUT2D eigenvalue weighted by Gasteiger charge is 2.26. The first kappa shape index (κ1) is 16.4. The summed E-state index contributed by atoms with van der Waals surface area (Å²) in [7, 11) is 0. The van der Waals surface area contributed by atoms with Gasteiger partial charge < -0.3 is 15.2 Å². The smallest absolute Gasteiger partial charge is 0.407 e. The standard InChI is InChI=1S/C14H19F2NO3/c1-8(17-13(19)20-14(2,3)4)12(18)11-9(15)6-5-7-10(11)16/h5-8,12,18H,1-4H3,(H,17,19)/t8-,12+/m0/s1. The normalized spacial score (nSPS) is 14.6. The molecular formula is C14H19F2NO3. The number of hydrogen-bond acceptors (Lipinski definition) is 3. The summed E-state index contributed by atoms with van der Waals surface area (Å²) in [5, 5.41) is 12.3. The second kappa shape index (κ2) is 6.17. The Kier molecular flexibility index (Phi) is 5.05. The molecule has 0 spiro atoms. The van der Waals surface area contributed by atoms with E-state index < -0.39 is 41.0 Å². The van der Waals surface area contributed by atoms with E-state index in [1.165, 1.54) is 13.0 Å². The summed E-state index contributed by atoms with van der Waals surface area (Å²) < 4.78 is 32.1. The molecule has 0 aromatic heterocycles. The van der Waals surface area contributed by atoms with Crippen molar-refractivity contribution in [2.24, 2.45) is 0 Å². The van der Waals surface area contributed by atoms with E-state index in [1.807, 2.05) is 0 Å². The minimum Gasteiger partial charge on any atom is -0.444 e. The summed E-state index contributed by atoms with van der Waals surface area (Å²) in [6, 6.07) is 2.38. The van der Waals surface area contributed by atoms with Gasteiger partial charge >= 0.3 is 6.09 Å². The molecule has 112 valence electrons. The predicted molar refractivity (Wildman–Crippen MR) is 70.1 cm³/mol. The van der Waals surface area contributed by atoms with Crippen LogP contribution in [0.15, 0.2) is 18.2 Å². The van der Waals surface area contributed by atoms with Crippen molar-refractivity contribution in [2.75, 3.05) is 0 Å². The number of benzene rings is 1. The molecule has 0 saturated heterocycles. The van der Waals surface area contributed by atoms with Crippen molar-refractivity contribution in [1.82, 2.24) is 5.32 Å². The van der Waals surface area contributed by atoms with Crippen LogP contribution in [0.1, 0.15) is 39.4 Å². The van der Waals surface area contributed by atoms with E-state index in [0.29, 0.717) is 0 Å². The Labute approximate surface area is 116 Å². The maximum atomic E-state index is 13.5. The van der Waals surface area contributed by atoms with Gasteiger partial charge in [0.1, 0.15) is 23.3 Å². The van der Waals surface area contributed by atoms with Crippen LogP contribution in [0.5, 0.6) is 0 Å². The molecule has 0 aliphatic carbocycles. The first-order chi connectivity index (χ1) is 9.11. The number of carbonyl (C=O) groups excluding carboxylic acids is 1. The lowest BCUT2D eigenvalue weighted by atomic mass is 10.0. The van der Waals surface area contributed by atoms with Crippen molar-refractivity contribution in [2.45, 2.75) is 45.4 Å². The van der Waals surface area contributed by atoms with Crippen molar-refractivity contribution < 1.29 is 23.4 Å². The second-order valence-corrected chi connectivity index (χ2v) is 5.52. The molecule has 0 aliphatic rings. The topological polar surface area (TPSA) is 58.6 Å². The van der Waals surface area contributed by atoms with E-state index in [1.54, 1.807) is 20.8 Å². The molecule has 0 radical (unpaired) electrons. The molecule has 6 heteroatoms. The molecule has 0 aliphatic heterocycles. The zero-order valence-corrected chi connectivity index (χ0v) is 11.9. The van der Waals surface area contributed by atoms with Crippen LogP contribution in [-0.4, -0.2) is 22.8 Å². The Morgan fingerprint density at radius 1 is 1.30 bits per heavy atom. The van der Waals surface area contributed by atoms with Gasteiger partial charge in [-0.05, 0) is 39.8 Å². The molecule has 1 rings (SSSR count). The van der Waals surface area contributed by atoms with E-state index in [-0.39, 0.29) is 0 Å². The number of ether oxygens (including phenoxy) is 1. The van der Waals surface area contributed by atoms with E-state index in [2.05, 4.69) is 5.32 Å². The van der Waals surface area contributed by atoms with Crippen LogP contribution in [0.2, 0.25) is 0 Å². The average Bonchev–Trinajstić information content (AvgIpc) is 2.25. The highest BCUT2D eigenvalue weighted by Crippen LogP contribution is 2.23. The number of hydrogen-bond donors (Lipinski definition) is 2. The van der Waals surface area contributed by atoms with Crippen molar-refractivity contribution >= 4 is 6.09 Å². The number of nitrogens with one attached hydrogen (secondary N) is 1. The summed E-state index contributed by atoms with van der Waals surface area (Å²) in [6.45, 7) is 6.49. The van der Waals surface area contributed by atoms with Crippen LogP contribution in [0.4, 0.5) is 13.6 Å². The van der Waals surface area contributed by atoms with Gasteiger partial charge in [0.2, 0.25) is 0 Å². The van der Waals surface area contributed by atoms with Crippen molar-refractivity contribution in [1.29, 1.82) is 0 Å².